The van der Waals surface area contributed by atoms with Crippen LogP contribution in [0.25, 0.3) is 10.9 Å². The minimum atomic E-state index is -0.186. The van der Waals surface area contributed by atoms with Gasteiger partial charge >= 0.3 is 0 Å². The van der Waals surface area contributed by atoms with Gasteiger partial charge in [-0.2, -0.15) is 0 Å². The molecule has 0 bridgehead atoms. The average Bonchev–Trinajstić information content (AvgIpc) is 2.79. The molecule has 0 saturated carbocycles. The van der Waals surface area contributed by atoms with Gasteiger partial charge in [0.25, 0.3) is 5.91 Å². The van der Waals surface area contributed by atoms with Gasteiger partial charge in [0.15, 0.2) is 0 Å². The Balaban J connectivity index is 2.19. The van der Waals surface area contributed by atoms with Crippen LogP contribution in [0.1, 0.15) is 23.8 Å². The number of carbonyl (C=O) groups is 1. The number of amides is 1. The Morgan fingerprint density at radius 2 is 2.24 bits per heavy atom. The molecule has 0 spiro atoms. The largest absolute Gasteiger partial charge is 0.394 e. The van der Waals surface area contributed by atoms with E-state index < -0.39 is 0 Å². The summed E-state index contributed by atoms with van der Waals surface area (Å²) in [6.45, 7) is 1.88. The zero-order valence-electron chi connectivity index (χ0n) is 9.73. The van der Waals surface area contributed by atoms with Crippen molar-refractivity contribution in [1.82, 2.24) is 10.3 Å². The zero-order chi connectivity index (χ0) is 12.3. The van der Waals surface area contributed by atoms with Crippen LogP contribution >= 0.6 is 0 Å². The molecule has 4 heteroatoms. The summed E-state index contributed by atoms with van der Waals surface area (Å²) >= 11 is 0. The van der Waals surface area contributed by atoms with E-state index in [1.54, 1.807) is 0 Å². The maximum Gasteiger partial charge on any atom is 0.268 e. The summed E-state index contributed by atoms with van der Waals surface area (Å²) in [6, 6.07) is 9.36. The van der Waals surface area contributed by atoms with Crippen LogP contribution in [0.2, 0.25) is 0 Å². The number of rotatable bonds is 4. The van der Waals surface area contributed by atoms with Gasteiger partial charge < -0.3 is 15.4 Å². The van der Waals surface area contributed by atoms with Gasteiger partial charge in [-0.25, -0.2) is 0 Å². The van der Waals surface area contributed by atoms with Crippen LogP contribution in [-0.2, 0) is 0 Å². The van der Waals surface area contributed by atoms with Gasteiger partial charge in [-0.05, 0) is 18.6 Å². The number of aliphatic hydroxyl groups is 1. The first-order chi connectivity index (χ1) is 8.24. The van der Waals surface area contributed by atoms with Crippen molar-refractivity contribution in [2.24, 2.45) is 0 Å². The molecule has 2 aromatic rings. The highest BCUT2D eigenvalue weighted by Gasteiger charge is 2.13. The van der Waals surface area contributed by atoms with Gasteiger partial charge in [-0.3, -0.25) is 4.79 Å². The summed E-state index contributed by atoms with van der Waals surface area (Å²) in [5.74, 6) is -0.179. The lowest BCUT2D eigenvalue weighted by Gasteiger charge is -2.12. The van der Waals surface area contributed by atoms with Crippen molar-refractivity contribution in [1.29, 1.82) is 0 Å². The first-order valence-electron chi connectivity index (χ1n) is 5.74. The van der Waals surface area contributed by atoms with Crippen molar-refractivity contribution in [3.63, 3.8) is 0 Å². The predicted molar refractivity (Wildman–Crippen MR) is 66.9 cm³/mol. The van der Waals surface area contributed by atoms with Crippen molar-refractivity contribution in [3.8, 4) is 0 Å². The first-order valence-corrected chi connectivity index (χ1v) is 5.74. The molecule has 90 valence electrons. The van der Waals surface area contributed by atoms with Crippen LogP contribution in [0.5, 0.6) is 0 Å². The number of benzene rings is 1. The summed E-state index contributed by atoms with van der Waals surface area (Å²) in [4.78, 5) is 14.9. The highest BCUT2D eigenvalue weighted by atomic mass is 16.3. The fourth-order valence-electron chi connectivity index (χ4n) is 1.74. The minimum Gasteiger partial charge on any atom is -0.394 e. The second kappa shape index (κ2) is 5.01. The Labute approximate surface area is 99.7 Å². The Morgan fingerprint density at radius 3 is 2.88 bits per heavy atom. The molecular formula is C13H16N2O2. The number of fused-ring (bicyclic) bond motifs is 1. The number of aromatic nitrogens is 1. The van der Waals surface area contributed by atoms with E-state index in [0.717, 1.165) is 10.9 Å². The number of hydrogen-bond acceptors (Lipinski definition) is 2. The summed E-state index contributed by atoms with van der Waals surface area (Å²) in [6.07, 6.45) is 0.711. The van der Waals surface area contributed by atoms with E-state index in [-0.39, 0.29) is 18.6 Å². The van der Waals surface area contributed by atoms with E-state index in [9.17, 15) is 4.79 Å². The monoisotopic (exact) mass is 232 g/mol. The highest BCUT2D eigenvalue weighted by Crippen LogP contribution is 2.14. The second-order valence-electron chi connectivity index (χ2n) is 4.03. The first kappa shape index (κ1) is 11.7. The third-order valence-electron chi connectivity index (χ3n) is 2.82. The Hall–Kier alpha value is -1.81. The molecule has 3 N–H and O–H groups in total. The second-order valence-corrected chi connectivity index (χ2v) is 4.03. The van der Waals surface area contributed by atoms with Crippen LogP contribution in [0.3, 0.4) is 0 Å². The number of hydrogen-bond donors (Lipinski definition) is 3. The summed E-state index contributed by atoms with van der Waals surface area (Å²) < 4.78 is 0. The molecule has 4 nitrogen and oxygen atoms in total. The maximum absolute atomic E-state index is 11.9. The van der Waals surface area contributed by atoms with Crippen LogP contribution in [0.4, 0.5) is 0 Å². The number of H-pyrrole nitrogens is 1. The summed E-state index contributed by atoms with van der Waals surface area (Å²) in [5.41, 5.74) is 1.47. The summed E-state index contributed by atoms with van der Waals surface area (Å²) in [5, 5.41) is 12.8. The number of para-hydroxylation sites is 1. The van der Waals surface area contributed by atoms with E-state index in [1.807, 2.05) is 37.3 Å². The van der Waals surface area contributed by atoms with Crippen molar-refractivity contribution in [2.75, 3.05) is 6.61 Å². The fraction of sp³-hybridized carbons (Fsp3) is 0.308. The third kappa shape index (κ3) is 2.47. The number of aromatic amines is 1. The molecule has 0 aliphatic carbocycles. The van der Waals surface area contributed by atoms with Crippen LogP contribution < -0.4 is 5.32 Å². The Bertz CT molecular complexity index is 482. The standard InChI is InChI=1S/C13H16N2O2/c1-2-10(8-16)14-13(17)12-7-9-5-3-4-6-11(9)15-12/h3-7,10,15-16H,2,8H2,1H3,(H,14,17)/t10-/m1/s1. The molecule has 0 saturated heterocycles. The lowest BCUT2D eigenvalue weighted by molar-refractivity contribution is 0.0910. The third-order valence-corrected chi connectivity index (χ3v) is 2.82. The topological polar surface area (TPSA) is 65.1 Å². The molecule has 0 radical (unpaired) electrons. The molecule has 0 aliphatic rings. The summed E-state index contributed by atoms with van der Waals surface area (Å²) in [7, 11) is 0. The molecule has 1 aromatic heterocycles. The lowest BCUT2D eigenvalue weighted by Crippen LogP contribution is -2.37. The van der Waals surface area contributed by atoms with Crippen molar-refractivity contribution < 1.29 is 9.90 Å². The van der Waals surface area contributed by atoms with E-state index in [4.69, 9.17) is 5.11 Å². The van der Waals surface area contributed by atoms with Gasteiger partial charge in [-0.1, -0.05) is 25.1 Å². The minimum absolute atomic E-state index is 0.0392. The Morgan fingerprint density at radius 1 is 1.47 bits per heavy atom. The van der Waals surface area contributed by atoms with E-state index >= 15 is 0 Å². The quantitative estimate of drug-likeness (QED) is 0.750. The van der Waals surface area contributed by atoms with E-state index in [1.165, 1.54) is 0 Å². The molecule has 1 aromatic carbocycles. The number of carbonyl (C=O) groups excluding carboxylic acids is 1. The van der Waals surface area contributed by atoms with Gasteiger partial charge in [0.05, 0.1) is 12.6 Å². The molecule has 17 heavy (non-hydrogen) atoms. The van der Waals surface area contributed by atoms with Crippen molar-refractivity contribution in [3.05, 3.63) is 36.0 Å². The fourth-order valence-corrected chi connectivity index (χ4v) is 1.74. The predicted octanol–water partition coefficient (Wildman–Crippen LogP) is 1.67. The SMILES string of the molecule is CC[C@H](CO)NC(=O)c1cc2ccccc2[nH]1. The Kier molecular flexibility index (Phi) is 3.44. The van der Waals surface area contributed by atoms with E-state index in [2.05, 4.69) is 10.3 Å². The van der Waals surface area contributed by atoms with Crippen molar-refractivity contribution in [2.45, 2.75) is 19.4 Å². The highest BCUT2D eigenvalue weighted by molar-refractivity contribution is 5.98. The molecular weight excluding hydrogens is 216 g/mol. The van der Waals surface area contributed by atoms with Gasteiger partial charge in [0.1, 0.15) is 5.69 Å². The van der Waals surface area contributed by atoms with E-state index in [0.29, 0.717) is 12.1 Å². The van der Waals surface area contributed by atoms with Gasteiger partial charge in [-0.15, -0.1) is 0 Å². The maximum atomic E-state index is 11.9. The van der Waals surface area contributed by atoms with Crippen molar-refractivity contribution >= 4 is 16.8 Å². The molecule has 1 atom stereocenters. The number of nitrogens with one attached hydrogen (secondary N) is 2. The number of aliphatic hydroxyl groups excluding tert-OH is 1. The van der Waals surface area contributed by atoms with Gasteiger partial charge in [0.2, 0.25) is 0 Å². The van der Waals surface area contributed by atoms with Crippen LogP contribution in [0, 0.1) is 0 Å². The van der Waals surface area contributed by atoms with Gasteiger partial charge in [0, 0.05) is 10.9 Å². The zero-order valence-corrected chi connectivity index (χ0v) is 9.73. The molecule has 0 fully saturated rings. The molecule has 1 heterocycles. The van der Waals surface area contributed by atoms with Crippen LogP contribution in [-0.4, -0.2) is 28.6 Å². The molecule has 0 unspecified atom stereocenters. The molecule has 2 rings (SSSR count). The molecule has 0 aliphatic heterocycles. The van der Waals surface area contributed by atoms with Crippen LogP contribution in [0.15, 0.2) is 30.3 Å². The lowest BCUT2D eigenvalue weighted by atomic mass is 10.2. The smallest absolute Gasteiger partial charge is 0.268 e. The average molecular weight is 232 g/mol. The molecule has 1 amide bonds. The normalized spacial score (nSPS) is 12.6.